The second-order valence-electron chi connectivity index (χ2n) is 8.64. The lowest BCUT2D eigenvalue weighted by Gasteiger charge is -2.40. The molecule has 2 fully saturated rings. The number of hydrogen-bond donors (Lipinski definition) is 0. The first-order valence-electron chi connectivity index (χ1n) is 11.5. The van der Waals surface area contributed by atoms with Crippen molar-refractivity contribution in [2.75, 3.05) is 71.0 Å². The van der Waals surface area contributed by atoms with E-state index in [2.05, 4.69) is 34.1 Å². The molecule has 5 rings (SSSR count). The minimum Gasteiger partial charge on any atom is -0.496 e. The topological polar surface area (TPSA) is 71.6 Å². The normalized spacial score (nSPS) is 22.4. The van der Waals surface area contributed by atoms with Gasteiger partial charge >= 0.3 is 0 Å². The number of fused-ring (bicyclic) bond motifs is 2. The van der Waals surface area contributed by atoms with E-state index >= 15 is 0 Å². The molecule has 2 aromatic rings. The Labute approximate surface area is 195 Å². The van der Waals surface area contributed by atoms with Crippen LogP contribution in [0.15, 0.2) is 53.4 Å². The van der Waals surface area contributed by atoms with Crippen LogP contribution in [0.5, 0.6) is 5.75 Å². The molecule has 3 aliphatic heterocycles. The molecule has 3 heterocycles. The number of benzene rings is 2. The number of rotatable bonds is 6. The fourth-order valence-corrected chi connectivity index (χ4v) is 6.79. The van der Waals surface area contributed by atoms with Crippen molar-refractivity contribution >= 4 is 15.7 Å². The number of methoxy groups -OCH3 is 1. The number of sulfonamides is 1. The van der Waals surface area contributed by atoms with E-state index in [0.717, 1.165) is 39.1 Å². The molecule has 3 aliphatic rings. The highest BCUT2D eigenvalue weighted by atomic mass is 32.2. The Morgan fingerprint density at radius 1 is 0.939 bits per heavy atom. The van der Waals surface area contributed by atoms with E-state index in [1.165, 1.54) is 17.1 Å². The van der Waals surface area contributed by atoms with Gasteiger partial charge < -0.3 is 19.1 Å². The summed E-state index contributed by atoms with van der Waals surface area (Å²) in [5, 5.41) is 0. The summed E-state index contributed by atoms with van der Waals surface area (Å²) in [6.45, 7) is 6.17. The summed E-state index contributed by atoms with van der Waals surface area (Å²) >= 11 is 0. The van der Waals surface area contributed by atoms with Gasteiger partial charge in [0.1, 0.15) is 5.75 Å². The Morgan fingerprint density at radius 3 is 2.36 bits per heavy atom. The van der Waals surface area contributed by atoms with Crippen molar-refractivity contribution in [2.45, 2.75) is 17.1 Å². The molecule has 178 valence electrons. The maximum atomic E-state index is 13.4. The number of nitrogens with zero attached hydrogens (tertiary/aromatic N) is 3. The summed E-state index contributed by atoms with van der Waals surface area (Å²) in [4.78, 5) is 5.02. The lowest BCUT2D eigenvalue weighted by Crippen LogP contribution is -2.51. The molecule has 0 atom stereocenters. The molecule has 0 bridgehead atoms. The Bertz CT molecular complexity index is 1060. The molecule has 0 unspecified atom stereocenters. The third kappa shape index (κ3) is 4.24. The maximum absolute atomic E-state index is 13.4. The van der Waals surface area contributed by atoms with Gasteiger partial charge in [-0.05, 0) is 37.2 Å². The first-order valence-corrected chi connectivity index (χ1v) is 13.0. The van der Waals surface area contributed by atoms with Gasteiger partial charge in [0.2, 0.25) is 15.8 Å². The van der Waals surface area contributed by atoms with E-state index in [1.807, 2.05) is 6.07 Å². The van der Waals surface area contributed by atoms with Gasteiger partial charge in [-0.2, -0.15) is 4.31 Å². The molecule has 0 N–H and O–H groups in total. The molecule has 9 heteroatoms. The van der Waals surface area contributed by atoms with Gasteiger partial charge in [0, 0.05) is 38.4 Å². The highest BCUT2D eigenvalue weighted by Gasteiger charge is 2.52. The minimum absolute atomic E-state index is 0.143. The van der Waals surface area contributed by atoms with Crippen LogP contribution in [0.3, 0.4) is 0 Å². The van der Waals surface area contributed by atoms with Crippen molar-refractivity contribution < 1.29 is 22.6 Å². The van der Waals surface area contributed by atoms with Gasteiger partial charge in [-0.15, -0.1) is 0 Å². The lowest BCUT2D eigenvalue weighted by atomic mass is 10.0. The van der Waals surface area contributed by atoms with Gasteiger partial charge in [-0.25, -0.2) is 8.42 Å². The third-order valence-corrected chi connectivity index (χ3v) is 8.61. The average Bonchev–Trinajstić information content (AvgIpc) is 3.32. The van der Waals surface area contributed by atoms with Gasteiger partial charge in [-0.3, -0.25) is 4.90 Å². The second-order valence-corrected chi connectivity index (χ2v) is 10.5. The Hall–Kier alpha value is -2.17. The fraction of sp³-hybridized carbons (Fsp3) is 0.500. The third-order valence-electron chi connectivity index (χ3n) is 6.72. The van der Waals surface area contributed by atoms with Crippen molar-refractivity contribution in [3.8, 4) is 5.75 Å². The monoisotopic (exact) mass is 473 g/mol. The van der Waals surface area contributed by atoms with Crippen LogP contribution in [-0.2, 0) is 25.3 Å². The molecule has 0 aromatic heterocycles. The summed E-state index contributed by atoms with van der Waals surface area (Å²) in [6, 6.07) is 15.5. The van der Waals surface area contributed by atoms with Gasteiger partial charge in [0.05, 0.1) is 37.3 Å². The molecule has 0 saturated carbocycles. The zero-order chi connectivity index (χ0) is 22.9. The SMILES string of the molecule is COc1cccc2c1C1(CN(CCCN3CCN(c4ccccc4)CC3)S2(=O)=O)OCCO1. The first kappa shape index (κ1) is 22.6. The van der Waals surface area contributed by atoms with Crippen LogP contribution in [0.25, 0.3) is 0 Å². The second kappa shape index (κ2) is 9.23. The zero-order valence-corrected chi connectivity index (χ0v) is 19.8. The summed E-state index contributed by atoms with van der Waals surface area (Å²) < 4.78 is 45.9. The minimum atomic E-state index is -3.66. The van der Waals surface area contributed by atoms with Crippen LogP contribution >= 0.6 is 0 Å². The van der Waals surface area contributed by atoms with Crippen molar-refractivity contribution in [2.24, 2.45) is 0 Å². The van der Waals surface area contributed by atoms with Crippen molar-refractivity contribution in [3.63, 3.8) is 0 Å². The molecule has 33 heavy (non-hydrogen) atoms. The summed E-state index contributed by atoms with van der Waals surface area (Å²) in [5.41, 5.74) is 1.74. The number of para-hydroxylation sites is 1. The molecule has 0 aliphatic carbocycles. The Kier molecular flexibility index (Phi) is 6.32. The smallest absolute Gasteiger partial charge is 0.243 e. The van der Waals surface area contributed by atoms with Crippen molar-refractivity contribution in [1.29, 1.82) is 0 Å². The predicted molar refractivity (Wildman–Crippen MR) is 125 cm³/mol. The highest BCUT2D eigenvalue weighted by Crippen LogP contribution is 2.46. The zero-order valence-electron chi connectivity index (χ0n) is 19.0. The highest BCUT2D eigenvalue weighted by molar-refractivity contribution is 7.89. The fourth-order valence-electron chi connectivity index (χ4n) is 5.04. The molecule has 2 aromatic carbocycles. The van der Waals surface area contributed by atoms with Crippen LogP contribution in [0.4, 0.5) is 5.69 Å². The van der Waals surface area contributed by atoms with Gasteiger partial charge in [0.15, 0.2) is 0 Å². The predicted octanol–water partition coefficient (Wildman–Crippen LogP) is 2.11. The quantitative estimate of drug-likeness (QED) is 0.636. The number of piperazine rings is 1. The molecular weight excluding hydrogens is 442 g/mol. The average molecular weight is 474 g/mol. The van der Waals surface area contributed by atoms with Crippen LogP contribution in [0.2, 0.25) is 0 Å². The molecule has 2 saturated heterocycles. The van der Waals surface area contributed by atoms with E-state index in [9.17, 15) is 8.42 Å². The van der Waals surface area contributed by atoms with E-state index < -0.39 is 15.8 Å². The standard InChI is InChI=1S/C24H31N3O5S/c1-30-21-9-5-10-22-23(21)24(31-17-18-32-24)19-27(33(22,28)29)12-6-11-25-13-15-26(16-14-25)20-7-3-2-4-8-20/h2-5,7-10H,6,11-19H2,1H3. The number of anilines is 1. The van der Waals surface area contributed by atoms with E-state index in [4.69, 9.17) is 14.2 Å². The molecule has 1 spiro atoms. The van der Waals surface area contributed by atoms with Crippen LogP contribution < -0.4 is 9.64 Å². The van der Waals surface area contributed by atoms with Crippen molar-refractivity contribution in [1.82, 2.24) is 9.21 Å². The summed E-state index contributed by atoms with van der Waals surface area (Å²) in [6.07, 6.45) is 0.750. The summed E-state index contributed by atoms with van der Waals surface area (Å²) in [5.74, 6) is -0.622. The van der Waals surface area contributed by atoms with Crippen LogP contribution in [0.1, 0.15) is 12.0 Å². The largest absolute Gasteiger partial charge is 0.496 e. The molecule has 8 nitrogen and oxygen atoms in total. The van der Waals surface area contributed by atoms with Crippen molar-refractivity contribution in [3.05, 3.63) is 54.1 Å². The lowest BCUT2D eigenvalue weighted by molar-refractivity contribution is -0.177. The van der Waals surface area contributed by atoms with E-state index in [0.29, 0.717) is 31.1 Å². The number of ether oxygens (including phenoxy) is 3. The Morgan fingerprint density at radius 2 is 1.67 bits per heavy atom. The molecular formula is C24H31N3O5S. The maximum Gasteiger partial charge on any atom is 0.243 e. The number of hydrogen-bond acceptors (Lipinski definition) is 7. The van der Waals surface area contributed by atoms with Gasteiger partial charge in [-0.1, -0.05) is 24.3 Å². The molecule has 0 amide bonds. The van der Waals surface area contributed by atoms with Crippen LogP contribution in [-0.4, -0.2) is 83.8 Å². The van der Waals surface area contributed by atoms with Crippen LogP contribution in [0, 0.1) is 0 Å². The van der Waals surface area contributed by atoms with E-state index in [1.54, 1.807) is 18.2 Å². The summed E-state index contributed by atoms with van der Waals surface area (Å²) in [7, 11) is -2.12. The van der Waals surface area contributed by atoms with Gasteiger partial charge in [0.25, 0.3) is 0 Å². The van der Waals surface area contributed by atoms with E-state index in [-0.39, 0.29) is 11.4 Å². The molecule has 0 radical (unpaired) electrons. The Balaban J connectivity index is 1.24. The first-order chi connectivity index (χ1) is 16.0.